The number of carbonyl (C=O) groups excluding carboxylic acids is 1. The van der Waals surface area contributed by atoms with Gasteiger partial charge in [-0.2, -0.15) is 4.31 Å². The van der Waals surface area contributed by atoms with Gasteiger partial charge in [0.1, 0.15) is 0 Å². The molecule has 0 aromatic heterocycles. The smallest absolute Gasteiger partial charge is 0.235 e. The molecule has 32 heavy (non-hydrogen) atoms. The molecule has 0 saturated heterocycles. The Bertz CT molecular complexity index is 705. The number of nitrogens with one attached hydrogen (secondary N) is 1. The standard InChI is InChI=1S/C23H41IN2O5S/c1-16-4-11-20(12-5-16)32(28,29)26(21-13-10-19(30-2)14-22(21)31-3)15-23(27)25-18-8-6-17(24)7-9-18/h16-22H,4-15H2,1-3H3,(H,25,27). The number of sulfonamides is 1. The van der Waals surface area contributed by atoms with Gasteiger partial charge in [0.05, 0.1) is 30.0 Å². The van der Waals surface area contributed by atoms with Gasteiger partial charge in [-0.25, -0.2) is 8.42 Å². The van der Waals surface area contributed by atoms with Gasteiger partial charge in [-0.15, -0.1) is 0 Å². The van der Waals surface area contributed by atoms with Crippen molar-refractivity contribution in [3.63, 3.8) is 0 Å². The highest BCUT2D eigenvalue weighted by molar-refractivity contribution is 14.1. The van der Waals surface area contributed by atoms with E-state index in [-0.39, 0.29) is 36.7 Å². The lowest BCUT2D eigenvalue weighted by atomic mass is 9.90. The number of rotatable bonds is 8. The van der Waals surface area contributed by atoms with E-state index < -0.39 is 15.3 Å². The minimum absolute atomic E-state index is 0.0635. The van der Waals surface area contributed by atoms with Crippen LogP contribution in [0.25, 0.3) is 0 Å². The number of ether oxygens (including phenoxy) is 2. The second kappa shape index (κ2) is 12.1. The Balaban J connectivity index is 1.76. The zero-order valence-corrected chi connectivity index (χ0v) is 22.8. The normalized spacial score (nSPS) is 36.7. The predicted octanol–water partition coefficient (Wildman–Crippen LogP) is 3.64. The lowest BCUT2D eigenvalue weighted by molar-refractivity contribution is -0.123. The lowest BCUT2D eigenvalue weighted by Crippen LogP contribution is -2.57. The van der Waals surface area contributed by atoms with Crippen LogP contribution in [0.5, 0.6) is 0 Å². The molecule has 186 valence electrons. The van der Waals surface area contributed by atoms with Crippen molar-refractivity contribution in [2.75, 3.05) is 20.8 Å². The molecule has 0 spiro atoms. The quantitative estimate of drug-likeness (QED) is 0.348. The number of hydrogen-bond donors (Lipinski definition) is 1. The van der Waals surface area contributed by atoms with Crippen LogP contribution in [0.2, 0.25) is 0 Å². The largest absolute Gasteiger partial charge is 0.381 e. The van der Waals surface area contributed by atoms with Crippen molar-refractivity contribution < 1.29 is 22.7 Å². The molecule has 3 aliphatic carbocycles. The number of alkyl halides is 1. The molecule has 7 nitrogen and oxygen atoms in total. The van der Waals surface area contributed by atoms with Gasteiger partial charge < -0.3 is 14.8 Å². The summed E-state index contributed by atoms with van der Waals surface area (Å²) in [5.41, 5.74) is 0. The minimum Gasteiger partial charge on any atom is -0.381 e. The summed E-state index contributed by atoms with van der Waals surface area (Å²) in [5.74, 6) is 0.383. The van der Waals surface area contributed by atoms with Crippen molar-refractivity contribution in [2.24, 2.45) is 5.92 Å². The highest BCUT2D eigenvalue weighted by Crippen LogP contribution is 2.34. The van der Waals surface area contributed by atoms with Crippen LogP contribution in [0.15, 0.2) is 0 Å². The Morgan fingerprint density at radius 1 is 0.969 bits per heavy atom. The van der Waals surface area contributed by atoms with Gasteiger partial charge in [-0.1, -0.05) is 29.5 Å². The van der Waals surface area contributed by atoms with Crippen molar-refractivity contribution in [1.29, 1.82) is 0 Å². The maximum Gasteiger partial charge on any atom is 0.235 e. The van der Waals surface area contributed by atoms with E-state index in [4.69, 9.17) is 9.47 Å². The van der Waals surface area contributed by atoms with Gasteiger partial charge in [-0.05, 0) is 70.1 Å². The minimum atomic E-state index is -3.61. The first-order valence-corrected chi connectivity index (χ1v) is 15.0. The Kier molecular flexibility index (Phi) is 10.1. The summed E-state index contributed by atoms with van der Waals surface area (Å²) < 4.78 is 41.1. The van der Waals surface area contributed by atoms with Crippen LogP contribution < -0.4 is 5.32 Å². The van der Waals surface area contributed by atoms with Crippen LogP contribution in [-0.2, 0) is 24.3 Å². The molecule has 3 saturated carbocycles. The number of amides is 1. The maximum atomic E-state index is 13.8. The van der Waals surface area contributed by atoms with E-state index in [2.05, 4.69) is 34.8 Å². The van der Waals surface area contributed by atoms with Gasteiger partial charge in [0.25, 0.3) is 0 Å². The number of nitrogens with zero attached hydrogens (tertiary/aromatic N) is 1. The van der Waals surface area contributed by atoms with Crippen LogP contribution in [0, 0.1) is 5.92 Å². The van der Waals surface area contributed by atoms with E-state index in [0.29, 0.717) is 35.5 Å². The SMILES string of the molecule is COC1CCC(N(CC(=O)NC2CCC(I)CC2)S(=O)(=O)C2CCC(C)CC2)C(OC)C1. The van der Waals surface area contributed by atoms with Crippen molar-refractivity contribution >= 4 is 38.5 Å². The average Bonchev–Trinajstić information content (AvgIpc) is 2.79. The third kappa shape index (κ3) is 6.79. The number of hydrogen-bond acceptors (Lipinski definition) is 5. The van der Waals surface area contributed by atoms with E-state index >= 15 is 0 Å². The first kappa shape index (κ1) is 26.6. The maximum absolute atomic E-state index is 13.8. The third-order valence-corrected chi connectivity index (χ3v) is 11.4. The molecule has 1 amide bonds. The van der Waals surface area contributed by atoms with Crippen molar-refractivity contribution in [3.05, 3.63) is 0 Å². The molecule has 0 aromatic rings. The molecule has 0 aromatic carbocycles. The Hall–Kier alpha value is 0.0300. The van der Waals surface area contributed by atoms with E-state index in [1.165, 1.54) is 4.31 Å². The van der Waals surface area contributed by atoms with Gasteiger partial charge in [0.15, 0.2) is 0 Å². The molecule has 3 atom stereocenters. The van der Waals surface area contributed by atoms with Crippen molar-refractivity contribution in [1.82, 2.24) is 9.62 Å². The molecular formula is C23H41IN2O5S. The Labute approximate surface area is 207 Å². The lowest BCUT2D eigenvalue weighted by Gasteiger charge is -2.42. The number of methoxy groups -OCH3 is 2. The van der Waals surface area contributed by atoms with E-state index in [1.54, 1.807) is 14.2 Å². The fourth-order valence-corrected chi connectivity index (χ4v) is 8.49. The molecule has 3 aliphatic rings. The van der Waals surface area contributed by atoms with Crippen molar-refractivity contribution in [3.8, 4) is 0 Å². The summed E-state index contributed by atoms with van der Waals surface area (Å²) in [6.45, 7) is 2.08. The molecule has 0 heterocycles. The highest BCUT2D eigenvalue weighted by Gasteiger charge is 2.44. The molecule has 1 N–H and O–H groups in total. The summed E-state index contributed by atoms with van der Waals surface area (Å²) in [6, 6.07) is -0.178. The summed E-state index contributed by atoms with van der Waals surface area (Å²) in [4.78, 5) is 13.1. The van der Waals surface area contributed by atoms with E-state index in [9.17, 15) is 13.2 Å². The zero-order chi connectivity index (χ0) is 23.3. The molecule has 3 fully saturated rings. The van der Waals surface area contributed by atoms with Crippen LogP contribution >= 0.6 is 22.6 Å². The highest BCUT2D eigenvalue weighted by atomic mass is 127. The predicted molar refractivity (Wildman–Crippen MR) is 134 cm³/mol. The molecule has 0 aliphatic heterocycles. The monoisotopic (exact) mass is 584 g/mol. The van der Waals surface area contributed by atoms with Gasteiger partial charge in [0, 0.05) is 30.6 Å². The summed E-state index contributed by atoms with van der Waals surface area (Å²) in [5, 5.41) is 2.73. The first-order chi connectivity index (χ1) is 15.2. The molecule has 9 heteroatoms. The molecular weight excluding hydrogens is 543 g/mol. The topological polar surface area (TPSA) is 84.9 Å². The van der Waals surface area contributed by atoms with Gasteiger partial charge >= 0.3 is 0 Å². The number of carbonyl (C=O) groups is 1. The molecule has 0 radical (unpaired) electrons. The van der Waals surface area contributed by atoms with Gasteiger partial charge in [-0.3, -0.25) is 4.79 Å². The van der Waals surface area contributed by atoms with Crippen LogP contribution in [-0.4, -0.2) is 72.9 Å². The second-order valence-electron chi connectivity index (χ2n) is 10.0. The zero-order valence-electron chi connectivity index (χ0n) is 19.8. The van der Waals surface area contributed by atoms with Crippen molar-refractivity contribution in [2.45, 2.75) is 111 Å². The third-order valence-electron chi connectivity index (χ3n) is 7.75. The van der Waals surface area contributed by atoms with Crippen LogP contribution in [0.1, 0.15) is 77.6 Å². The summed E-state index contributed by atoms with van der Waals surface area (Å²) in [7, 11) is -0.290. The summed E-state index contributed by atoms with van der Waals surface area (Å²) >= 11 is 2.47. The van der Waals surface area contributed by atoms with Crippen LogP contribution in [0.4, 0.5) is 0 Å². The molecule has 3 rings (SSSR count). The van der Waals surface area contributed by atoms with Gasteiger partial charge in [0.2, 0.25) is 15.9 Å². The van der Waals surface area contributed by atoms with Crippen LogP contribution in [0.3, 0.4) is 0 Å². The fourth-order valence-electron chi connectivity index (χ4n) is 5.60. The fraction of sp³-hybridized carbons (Fsp3) is 0.957. The molecule has 3 unspecified atom stereocenters. The summed E-state index contributed by atoms with van der Waals surface area (Å²) in [6.07, 6.45) is 9.18. The van der Waals surface area contributed by atoms with E-state index in [1.807, 2.05) is 0 Å². The Morgan fingerprint density at radius 2 is 1.62 bits per heavy atom. The number of halogens is 1. The second-order valence-corrected chi connectivity index (χ2v) is 13.9. The van der Waals surface area contributed by atoms with E-state index in [0.717, 1.165) is 44.9 Å². The Morgan fingerprint density at radius 3 is 2.22 bits per heavy atom. The first-order valence-electron chi connectivity index (χ1n) is 12.2. The molecule has 0 bridgehead atoms. The average molecular weight is 585 g/mol.